The Labute approximate surface area is 115 Å². The average Bonchev–Trinajstić information content (AvgIpc) is 2.93. The molecule has 1 aromatic heterocycles. The van der Waals surface area contributed by atoms with Crippen LogP contribution in [0, 0.1) is 0 Å². The Hall–Kier alpha value is -2.63. The number of carboxylic acids is 1. The molecule has 2 aromatic rings. The van der Waals surface area contributed by atoms with Crippen molar-refractivity contribution in [3.63, 3.8) is 0 Å². The van der Waals surface area contributed by atoms with Crippen molar-refractivity contribution in [3.05, 3.63) is 41.9 Å². The summed E-state index contributed by atoms with van der Waals surface area (Å²) in [5, 5.41) is 8.76. The third-order valence-electron chi connectivity index (χ3n) is 2.61. The molecule has 1 aromatic carbocycles. The molecule has 0 bridgehead atoms. The summed E-state index contributed by atoms with van der Waals surface area (Å²) in [4.78, 5) is 10.7. The minimum atomic E-state index is -1.12. The molecule has 0 unspecified atom stereocenters. The average molecular weight is 278 g/mol. The number of carboxylic acid groups (broad SMARTS) is 1. The van der Waals surface area contributed by atoms with Crippen molar-refractivity contribution < 1.29 is 28.5 Å². The molecule has 0 saturated heterocycles. The van der Waals surface area contributed by atoms with Gasteiger partial charge >= 0.3 is 5.97 Å². The molecule has 0 aliphatic rings. The Bertz CT molecular complexity index is 601. The van der Waals surface area contributed by atoms with Gasteiger partial charge in [0, 0.05) is 0 Å². The largest absolute Gasteiger partial charge is 0.493 e. The van der Waals surface area contributed by atoms with Gasteiger partial charge in [-0.1, -0.05) is 6.07 Å². The molecule has 0 aliphatic carbocycles. The summed E-state index contributed by atoms with van der Waals surface area (Å²) >= 11 is 0. The van der Waals surface area contributed by atoms with Gasteiger partial charge < -0.3 is 23.7 Å². The Morgan fingerprint density at radius 3 is 2.50 bits per heavy atom. The van der Waals surface area contributed by atoms with Gasteiger partial charge in [-0.3, -0.25) is 0 Å². The number of hydrogen-bond donors (Lipinski definition) is 1. The van der Waals surface area contributed by atoms with E-state index in [0.717, 1.165) is 0 Å². The predicted octanol–water partition coefficient (Wildman–Crippen LogP) is 2.57. The number of benzene rings is 1. The van der Waals surface area contributed by atoms with Crippen LogP contribution in [0.5, 0.6) is 17.2 Å². The van der Waals surface area contributed by atoms with E-state index in [2.05, 4.69) is 0 Å². The van der Waals surface area contributed by atoms with Gasteiger partial charge in [-0.05, 0) is 24.3 Å². The zero-order valence-electron chi connectivity index (χ0n) is 11.1. The first kappa shape index (κ1) is 13.8. The summed E-state index contributed by atoms with van der Waals surface area (Å²) in [5.41, 5.74) is 0. The maximum atomic E-state index is 10.7. The molecule has 1 heterocycles. The highest BCUT2D eigenvalue weighted by molar-refractivity contribution is 5.84. The predicted molar refractivity (Wildman–Crippen MR) is 69.5 cm³/mol. The van der Waals surface area contributed by atoms with Crippen LogP contribution in [0.1, 0.15) is 16.3 Å². The fourth-order valence-corrected chi connectivity index (χ4v) is 1.69. The summed E-state index contributed by atoms with van der Waals surface area (Å²) in [7, 11) is 3.05. The smallest absolute Gasteiger partial charge is 0.371 e. The molecule has 0 spiro atoms. The minimum Gasteiger partial charge on any atom is -0.493 e. The Balaban J connectivity index is 2.12. The lowest BCUT2D eigenvalue weighted by Gasteiger charge is -2.12. The molecule has 0 amide bonds. The standard InChI is InChI=1S/C14H14O6/c1-17-10-4-3-5-11(13(10)18-2)19-8-9-6-7-12(20-9)14(15)16/h3-7H,8H2,1-2H3,(H,15,16). The van der Waals surface area contributed by atoms with E-state index in [0.29, 0.717) is 23.0 Å². The molecule has 6 heteroatoms. The molecular formula is C14H14O6. The maximum absolute atomic E-state index is 10.7. The van der Waals surface area contributed by atoms with Crippen molar-refractivity contribution in [1.29, 1.82) is 0 Å². The van der Waals surface area contributed by atoms with Crippen molar-refractivity contribution in [1.82, 2.24) is 0 Å². The maximum Gasteiger partial charge on any atom is 0.371 e. The molecule has 106 valence electrons. The highest BCUT2D eigenvalue weighted by Crippen LogP contribution is 2.36. The number of aromatic carboxylic acids is 1. The lowest BCUT2D eigenvalue weighted by Crippen LogP contribution is -1.98. The number of para-hydroxylation sites is 1. The molecule has 6 nitrogen and oxygen atoms in total. The first-order chi connectivity index (χ1) is 9.65. The zero-order valence-corrected chi connectivity index (χ0v) is 11.1. The van der Waals surface area contributed by atoms with E-state index in [9.17, 15) is 4.79 Å². The molecule has 2 rings (SSSR count). The van der Waals surface area contributed by atoms with E-state index in [1.54, 1.807) is 24.3 Å². The normalized spacial score (nSPS) is 10.1. The summed E-state index contributed by atoms with van der Waals surface area (Å²) < 4.78 is 21.0. The van der Waals surface area contributed by atoms with Gasteiger partial charge in [0.05, 0.1) is 14.2 Å². The van der Waals surface area contributed by atoms with Crippen LogP contribution in [0.15, 0.2) is 34.7 Å². The minimum absolute atomic E-state index is 0.0941. The van der Waals surface area contributed by atoms with Crippen LogP contribution in [0.2, 0.25) is 0 Å². The second-order valence-corrected chi connectivity index (χ2v) is 3.85. The van der Waals surface area contributed by atoms with E-state index in [1.165, 1.54) is 20.3 Å². The Kier molecular flexibility index (Phi) is 4.14. The van der Waals surface area contributed by atoms with Gasteiger partial charge in [-0.2, -0.15) is 0 Å². The van der Waals surface area contributed by atoms with Crippen LogP contribution in [0.4, 0.5) is 0 Å². The Morgan fingerprint density at radius 1 is 1.15 bits per heavy atom. The van der Waals surface area contributed by atoms with Crippen LogP contribution in [0.3, 0.4) is 0 Å². The van der Waals surface area contributed by atoms with E-state index in [1.807, 2.05) is 0 Å². The zero-order chi connectivity index (χ0) is 14.5. The third kappa shape index (κ3) is 2.85. The van der Waals surface area contributed by atoms with Gasteiger partial charge in [0.25, 0.3) is 0 Å². The lowest BCUT2D eigenvalue weighted by molar-refractivity contribution is 0.0658. The first-order valence-corrected chi connectivity index (χ1v) is 5.81. The number of hydrogen-bond acceptors (Lipinski definition) is 5. The molecule has 0 radical (unpaired) electrons. The van der Waals surface area contributed by atoms with Crippen molar-refractivity contribution in [2.75, 3.05) is 14.2 Å². The fourth-order valence-electron chi connectivity index (χ4n) is 1.69. The van der Waals surface area contributed by atoms with Crippen molar-refractivity contribution >= 4 is 5.97 Å². The highest BCUT2D eigenvalue weighted by Gasteiger charge is 2.13. The van der Waals surface area contributed by atoms with E-state index in [-0.39, 0.29) is 12.4 Å². The molecule has 0 atom stereocenters. The van der Waals surface area contributed by atoms with Crippen LogP contribution >= 0.6 is 0 Å². The van der Waals surface area contributed by atoms with E-state index >= 15 is 0 Å². The third-order valence-corrected chi connectivity index (χ3v) is 2.61. The van der Waals surface area contributed by atoms with Crippen LogP contribution < -0.4 is 14.2 Å². The van der Waals surface area contributed by atoms with Crippen LogP contribution in [-0.4, -0.2) is 25.3 Å². The van der Waals surface area contributed by atoms with Crippen LogP contribution in [0.25, 0.3) is 0 Å². The Morgan fingerprint density at radius 2 is 1.90 bits per heavy atom. The number of rotatable bonds is 6. The topological polar surface area (TPSA) is 78.1 Å². The monoisotopic (exact) mass is 278 g/mol. The fraction of sp³-hybridized carbons (Fsp3) is 0.214. The number of carbonyl (C=O) groups is 1. The first-order valence-electron chi connectivity index (χ1n) is 5.81. The lowest BCUT2D eigenvalue weighted by atomic mass is 10.3. The van der Waals surface area contributed by atoms with Crippen molar-refractivity contribution in [2.24, 2.45) is 0 Å². The summed E-state index contributed by atoms with van der Waals surface area (Å²) in [5.74, 6) is 0.680. The van der Waals surface area contributed by atoms with Gasteiger partial charge in [0.1, 0.15) is 12.4 Å². The van der Waals surface area contributed by atoms with Crippen molar-refractivity contribution in [3.8, 4) is 17.2 Å². The van der Waals surface area contributed by atoms with E-state index < -0.39 is 5.97 Å². The summed E-state index contributed by atoms with van der Waals surface area (Å²) in [6.45, 7) is 0.0941. The van der Waals surface area contributed by atoms with Gasteiger partial charge in [-0.25, -0.2) is 4.79 Å². The van der Waals surface area contributed by atoms with Gasteiger partial charge in [0.2, 0.25) is 11.5 Å². The van der Waals surface area contributed by atoms with Crippen LogP contribution in [-0.2, 0) is 6.61 Å². The van der Waals surface area contributed by atoms with Gasteiger partial charge in [0.15, 0.2) is 11.5 Å². The molecule has 20 heavy (non-hydrogen) atoms. The molecule has 0 saturated carbocycles. The number of ether oxygens (including phenoxy) is 3. The molecule has 0 fully saturated rings. The van der Waals surface area contributed by atoms with E-state index in [4.69, 9.17) is 23.7 Å². The number of methoxy groups -OCH3 is 2. The quantitative estimate of drug-likeness (QED) is 0.875. The molecule has 0 aliphatic heterocycles. The second-order valence-electron chi connectivity index (χ2n) is 3.85. The van der Waals surface area contributed by atoms with Gasteiger partial charge in [-0.15, -0.1) is 0 Å². The summed E-state index contributed by atoms with van der Waals surface area (Å²) in [6.07, 6.45) is 0. The summed E-state index contributed by atoms with van der Waals surface area (Å²) in [6, 6.07) is 8.17. The molecular weight excluding hydrogens is 264 g/mol. The highest BCUT2D eigenvalue weighted by atomic mass is 16.5. The molecule has 1 N–H and O–H groups in total. The second kappa shape index (κ2) is 6.01. The van der Waals surface area contributed by atoms with Crippen molar-refractivity contribution in [2.45, 2.75) is 6.61 Å². The number of furan rings is 1. The SMILES string of the molecule is COc1cccc(OCc2ccc(C(=O)O)o2)c1OC.